The second-order valence-electron chi connectivity index (χ2n) is 9.40. The summed E-state index contributed by atoms with van der Waals surface area (Å²) in [4.78, 5) is 21.4. The number of carbonyl (C=O) groups is 1. The lowest BCUT2D eigenvalue weighted by Crippen LogP contribution is -2.28. The van der Waals surface area contributed by atoms with Crippen LogP contribution in [0.5, 0.6) is 0 Å². The van der Waals surface area contributed by atoms with Gasteiger partial charge in [-0.15, -0.1) is 0 Å². The summed E-state index contributed by atoms with van der Waals surface area (Å²) in [6.45, 7) is 2.49. The van der Waals surface area contributed by atoms with Crippen molar-refractivity contribution in [3.05, 3.63) is 47.3 Å². The number of nitrogens with zero attached hydrogens (tertiary/aromatic N) is 5. The van der Waals surface area contributed by atoms with Crippen LogP contribution in [0.4, 0.5) is 17.5 Å². The van der Waals surface area contributed by atoms with Crippen molar-refractivity contribution in [3.63, 3.8) is 0 Å². The summed E-state index contributed by atoms with van der Waals surface area (Å²) in [5, 5.41) is 33.4. The first-order valence-electron chi connectivity index (χ1n) is 11.8. The SMILES string of the molecule is CNC(=O)c1cc(Nc2nccc(-c3cc(C#N)c4c(c3)C(C)(CO)CN4)n2)nn1C1CCCC1. The second kappa shape index (κ2) is 9.00. The number of nitriles is 1. The van der Waals surface area contributed by atoms with Gasteiger partial charge in [-0.25, -0.2) is 9.97 Å². The molecule has 2 aromatic heterocycles. The van der Waals surface area contributed by atoms with Gasteiger partial charge in [0.15, 0.2) is 5.82 Å². The van der Waals surface area contributed by atoms with Crippen molar-refractivity contribution < 1.29 is 9.90 Å². The molecule has 10 heteroatoms. The van der Waals surface area contributed by atoms with Crippen molar-refractivity contribution in [2.45, 2.75) is 44.1 Å². The van der Waals surface area contributed by atoms with Crippen LogP contribution in [0.3, 0.4) is 0 Å². The van der Waals surface area contributed by atoms with E-state index in [0.29, 0.717) is 35.3 Å². The fourth-order valence-corrected chi connectivity index (χ4v) is 4.94. The number of nitrogens with one attached hydrogen (secondary N) is 3. The third kappa shape index (κ3) is 4.08. The average molecular weight is 473 g/mol. The van der Waals surface area contributed by atoms with Crippen LogP contribution in [0.25, 0.3) is 11.3 Å². The van der Waals surface area contributed by atoms with Crippen LogP contribution in [0.15, 0.2) is 30.5 Å². The Bertz CT molecular complexity index is 1320. The lowest BCUT2D eigenvalue weighted by molar-refractivity contribution is 0.0949. The minimum Gasteiger partial charge on any atom is -0.395 e. The molecule has 4 N–H and O–H groups in total. The summed E-state index contributed by atoms with van der Waals surface area (Å²) < 4.78 is 1.81. The van der Waals surface area contributed by atoms with Crippen LogP contribution in [0, 0.1) is 11.3 Å². The van der Waals surface area contributed by atoms with Crippen molar-refractivity contribution in [2.24, 2.45) is 0 Å². The third-order valence-corrected chi connectivity index (χ3v) is 6.97. The minimum atomic E-state index is -0.478. The van der Waals surface area contributed by atoms with Gasteiger partial charge in [0.2, 0.25) is 5.95 Å². The van der Waals surface area contributed by atoms with Crippen molar-refractivity contribution >= 4 is 23.4 Å². The van der Waals surface area contributed by atoms with Crippen LogP contribution in [-0.4, -0.2) is 51.0 Å². The molecule has 180 valence electrons. The maximum atomic E-state index is 12.4. The zero-order valence-corrected chi connectivity index (χ0v) is 19.8. The topological polar surface area (TPSA) is 141 Å². The number of benzene rings is 1. The fraction of sp³-hybridized carbons (Fsp3) is 0.400. The zero-order valence-electron chi connectivity index (χ0n) is 19.8. The van der Waals surface area contributed by atoms with E-state index < -0.39 is 5.41 Å². The number of aromatic nitrogens is 4. The Morgan fingerprint density at radius 1 is 1.34 bits per heavy atom. The zero-order chi connectivity index (χ0) is 24.6. The van der Waals surface area contributed by atoms with Gasteiger partial charge in [0.25, 0.3) is 5.91 Å². The van der Waals surface area contributed by atoms with Crippen LogP contribution in [0.1, 0.15) is 60.3 Å². The Balaban J connectivity index is 1.48. The summed E-state index contributed by atoms with van der Waals surface area (Å²) >= 11 is 0. The van der Waals surface area contributed by atoms with Crippen molar-refractivity contribution in [3.8, 4) is 17.3 Å². The lowest BCUT2D eigenvalue weighted by Gasteiger charge is -2.21. The van der Waals surface area contributed by atoms with Gasteiger partial charge in [0, 0.05) is 36.8 Å². The summed E-state index contributed by atoms with van der Waals surface area (Å²) in [5.41, 5.74) is 3.59. The predicted molar refractivity (Wildman–Crippen MR) is 132 cm³/mol. The summed E-state index contributed by atoms with van der Waals surface area (Å²) in [6.07, 6.45) is 5.89. The first-order valence-corrected chi connectivity index (χ1v) is 11.8. The molecule has 1 aliphatic heterocycles. The van der Waals surface area contributed by atoms with Gasteiger partial charge in [0.1, 0.15) is 11.8 Å². The lowest BCUT2D eigenvalue weighted by atomic mass is 9.83. The molecule has 1 saturated carbocycles. The predicted octanol–water partition coefficient (Wildman–Crippen LogP) is 3.11. The van der Waals surface area contributed by atoms with Gasteiger partial charge in [-0.2, -0.15) is 10.4 Å². The Morgan fingerprint density at radius 3 is 2.86 bits per heavy atom. The fourth-order valence-electron chi connectivity index (χ4n) is 4.94. The van der Waals surface area contributed by atoms with E-state index in [0.717, 1.165) is 42.5 Å². The molecule has 1 unspecified atom stereocenters. The average Bonchev–Trinajstić information content (AvgIpc) is 3.63. The molecule has 1 fully saturated rings. The Morgan fingerprint density at radius 2 is 2.14 bits per heavy atom. The first kappa shape index (κ1) is 22.8. The van der Waals surface area contributed by atoms with Gasteiger partial charge < -0.3 is 21.1 Å². The highest BCUT2D eigenvalue weighted by molar-refractivity contribution is 5.93. The Kier molecular flexibility index (Phi) is 5.86. The van der Waals surface area contributed by atoms with Crippen molar-refractivity contribution in [1.29, 1.82) is 5.26 Å². The van der Waals surface area contributed by atoms with E-state index in [1.54, 1.807) is 36.1 Å². The first-order chi connectivity index (χ1) is 17.0. The number of carbonyl (C=O) groups excluding carboxylic acids is 1. The molecule has 5 rings (SSSR count). The highest BCUT2D eigenvalue weighted by Crippen LogP contribution is 2.41. The van der Waals surface area contributed by atoms with Crippen LogP contribution < -0.4 is 16.0 Å². The minimum absolute atomic E-state index is 0.0325. The molecule has 1 aromatic carbocycles. The molecular formula is C25H28N8O2. The number of hydrogen-bond donors (Lipinski definition) is 4. The van der Waals surface area contributed by atoms with Gasteiger partial charge in [0.05, 0.1) is 29.6 Å². The molecule has 1 atom stereocenters. The van der Waals surface area contributed by atoms with Crippen LogP contribution >= 0.6 is 0 Å². The van der Waals surface area contributed by atoms with Gasteiger partial charge in [-0.05, 0) is 36.6 Å². The molecule has 0 radical (unpaired) electrons. The van der Waals surface area contributed by atoms with Gasteiger partial charge in [-0.1, -0.05) is 19.8 Å². The standard InChI is InChI=1S/C25H28N8O2/c1-25(14-34)13-29-22-16(12-26)9-15(10-18(22)25)19-7-8-28-24(30-19)31-21-11-20(23(35)27-2)33(32-21)17-5-3-4-6-17/h7-11,17,29,34H,3-6,13-14H2,1-2H3,(H,27,35)(H,28,30,31,32). The maximum Gasteiger partial charge on any atom is 0.269 e. The molecule has 2 aliphatic rings. The van der Waals surface area contributed by atoms with E-state index >= 15 is 0 Å². The van der Waals surface area contributed by atoms with E-state index in [-0.39, 0.29) is 18.6 Å². The van der Waals surface area contributed by atoms with E-state index in [1.807, 2.05) is 13.0 Å². The van der Waals surface area contributed by atoms with Crippen LogP contribution in [0.2, 0.25) is 0 Å². The molecule has 10 nitrogen and oxygen atoms in total. The summed E-state index contributed by atoms with van der Waals surface area (Å²) in [7, 11) is 1.61. The number of anilines is 3. The molecule has 0 saturated heterocycles. The van der Waals surface area contributed by atoms with Gasteiger partial charge in [-0.3, -0.25) is 9.48 Å². The number of aliphatic hydroxyl groups is 1. The molecule has 3 aromatic rings. The number of hydrogen-bond acceptors (Lipinski definition) is 8. The highest BCUT2D eigenvalue weighted by atomic mass is 16.3. The summed E-state index contributed by atoms with van der Waals surface area (Å²) in [6, 6.07) is 9.71. The summed E-state index contributed by atoms with van der Waals surface area (Å²) in [5.74, 6) is 0.648. The molecule has 3 heterocycles. The van der Waals surface area contributed by atoms with E-state index in [2.05, 4.69) is 37.1 Å². The number of rotatable bonds is 6. The largest absolute Gasteiger partial charge is 0.395 e. The van der Waals surface area contributed by atoms with Gasteiger partial charge >= 0.3 is 0 Å². The van der Waals surface area contributed by atoms with Crippen LogP contribution in [-0.2, 0) is 5.41 Å². The highest BCUT2D eigenvalue weighted by Gasteiger charge is 2.36. The molecule has 0 bridgehead atoms. The molecule has 0 spiro atoms. The Labute approximate surface area is 203 Å². The quantitative estimate of drug-likeness (QED) is 0.429. The third-order valence-electron chi connectivity index (χ3n) is 6.97. The van der Waals surface area contributed by atoms with E-state index in [1.165, 1.54) is 0 Å². The molecule has 1 aliphatic carbocycles. The Hall–Kier alpha value is -3.97. The second-order valence-corrected chi connectivity index (χ2v) is 9.40. The van der Waals surface area contributed by atoms with Crippen molar-refractivity contribution in [2.75, 3.05) is 30.8 Å². The number of fused-ring (bicyclic) bond motifs is 1. The number of amides is 1. The maximum absolute atomic E-state index is 12.4. The van der Waals surface area contributed by atoms with E-state index in [4.69, 9.17) is 0 Å². The smallest absolute Gasteiger partial charge is 0.269 e. The molecule has 35 heavy (non-hydrogen) atoms. The normalized spacial score (nSPS) is 19.1. The molecular weight excluding hydrogens is 444 g/mol. The van der Waals surface area contributed by atoms with Crippen molar-refractivity contribution in [1.82, 2.24) is 25.1 Å². The molecule has 1 amide bonds. The van der Waals surface area contributed by atoms with E-state index in [9.17, 15) is 15.2 Å². The monoisotopic (exact) mass is 472 g/mol. The number of aliphatic hydroxyl groups excluding tert-OH is 1.